The van der Waals surface area contributed by atoms with Gasteiger partial charge >= 0.3 is 5.97 Å². The fraction of sp³-hybridized carbons (Fsp3) is 0.625. The van der Waals surface area contributed by atoms with E-state index in [1.54, 1.807) is 0 Å². The van der Waals surface area contributed by atoms with E-state index in [0.717, 1.165) is 56.3 Å². The van der Waals surface area contributed by atoms with Crippen molar-refractivity contribution in [3.8, 4) is 0 Å². The number of carboxylic acid groups (broad SMARTS) is 1. The largest absolute Gasteiger partial charge is 0.478 e. The Balaban J connectivity index is 2.11. The van der Waals surface area contributed by atoms with E-state index >= 15 is 0 Å². The number of rotatable bonds is 2. The maximum Gasteiger partial charge on any atom is 0.339 e. The quantitative estimate of drug-likeness (QED) is 0.900. The maximum atomic E-state index is 11.6. The zero-order chi connectivity index (χ0) is 14.3. The first-order valence-corrected chi connectivity index (χ1v) is 7.53. The number of aromatic nitrogens is 1. The second-order valence-electron chi connectivity index (χ2n) is 6.55. The molecule has 2 aliphatic rings. The Kier molecular flexibility index (Phi) is 3.19. The van der Waals surface area contributed by atoms with Gasteiger partial charge in [0.25, 0.3) is 0 Å². The first-order chi connectivity index (χ1) is 9.49. The molecular weight excluding hydrogens is 252 g/mol. The Bertz CT molecular complexity index is 552. The normalized spacial score (nSPS) is 20.8. The second kappa shape index (κ2) is 4.76. The molecule has 0 radical (unpaired) electrons. The molecule has 1 aromatic rings. The van der Waals surface area contributed by atoms with Crippen LogP contribution in [0.1, 0.15) is 61.1 Å². The van der Waals surface area contributed by atoms with Gasteiger partial charge in [0, 0.05) is 17.8 Å². The number of hydrogen-bond acceptors (Lipinski definition) is 3. The molecule has 1 aromatic heterocycles. The number of aryl methyl sites for hydroxylation is 2. The van der Waals surface area contributed by atoms with Crippen LogP contribution in [0.3, 0.4) is 0 Å². The molecule has 0 spiro atoms. The molecule has 4 heteroatoms. The van der Waals surface area contributed by atoms with Gasteiger partial charge in [0.2, 0.25) is 0 Å². The highest BCUT2D eigenvalue weighted by atomic mass is 16.4. The number of aromatic carboxylic acids is 1. The van der Waals surface area contributed by atoms with Crippen molar-refractivity contribution in [2.75, 3.05) is 11.4 Å². The molecule has 4 nitrogen and oxygen atoms in total. The monoisotopic (exact) mass is 274 g/mol. The van der Waals surface area contributed by atoms with Crippen LogP contribution in [0, 0.1) is 0 Å². The van der Waals surface area contributed by atoms with E-state index in [2.05, 4.69) is 18.7 Å². The van der Waals surface area contributed by atoms with Crippen LogP contribution in [0.15, 0.2) is 6.07 Å². The minimum Gasteiger partial charge on any atom is -0.478 e. The molecule has 0 saturated carbocycles. The smallest absolute Gasteiger partial charge is 0.339 e. The summed E-state index contributed by atoms with van der Waals surface area (Å²) in [6.07, 6.45) is 6.44. The van der Waals surface area contributed by atoms with Crippen LogP contribution in [0.25, 0.3) is 0 Å². The highest BCUT2D eigenvalue weighted by molar-refractivity contribution is 5.94. The molecule has 1 aliphatic carbocycles. The summed E-state index contributed by atoms with van der Waals surface area (Å²) in [5.41, 5.74) is 2.62. The predicted octanol–water partition coefficient (Wildman–Crippen LogP) is 3.04. The molecule has 20 heavy (non-hydrogen) atoms. The van der Waals surface area contributed by atoms with Gasteiger partial charge in [0.1, 0.15) is 11.4 Å². The molecule has 3 rings (SSSR count). The van der Waals surface area contributed by atoms with Gasteiger partial charge in [0.15, 0.2) is 0 Å². The van der Waals surface area contributed by atoms with Crippen LogP contribution in [-0.2, 0) is 12.8 Å². The molecule has 1 N–H and O–H groups in total. The molecule has 0 atom stereocenters. The van der Waals surface area contributed by atoms with Gasteiger partial charge in [-0.2, -0.15) is 0 Å². The molecule has 0 aromatic carbocycles. The molecule has 1 fully saturated rings. The second-order valence-corrected chi connectivity index (χ2v) is 6.55. The summed E-state index contributed by atoms with van der Waals surface area (Å²) in [6, 6.07) is 1.87. The number of pyridine rings is 1. The first kappa shape index (κ1) is 13.4. The Hall–Kier alpha value is -1.58. The van der Waals surface area contributed by atoms with E-state index in [4.69, 9.17) is 4.98 Å². The zero-order valence-corrected chi connectivity index (χ0v) is 12.3. The van der Waals surface area contributed by atoms with Gasteiger partial charge in [0.05, 0.1) is 0 Å². The fourth-order valence-corrected chi connectivity index (χ4v) is 3.49. The van der Waals surface area contributed by atoms with E-state index in [9.17, 15) is 9.90 Å². The van der Waals surface area contributed by atoms with Crippen LogP contribution < -0.4 is 4.90 Å². The lowest BCUT2D eigenvalue weighted by Crippen LogP contribution is -2.40. The van der Waals surface area contributed by atoms with E-state index in [1.807, 2.05) is 6.07 Å². The van der Waals surface area contributed by atoms with Crippen molar-refractivity contribution in [1.82, 2.24) is 4.98 Å². The molecule has 0 bridgehead atoms. The lowest BCUT2D eigenvalue weighted by molar-refractivity contribution is 0.0697. The Morgan fingerprint density at radius 3 is 2.70 bits per heavy atom. The number of anilines is 1. The van der Waals surface area contributed by atoms with Crippen LogP contribution >= 0.6 is 0 Å². The summed E-state index contributed by atoms with van der Waals surface area (Å²) in [6.45, 7) is 5.25. The summed E-state index contributed by atoms with van der Waals surface area (Å²) < 4.78 is 0. The predicted molar refractivity (Wildman–Crippen MR) is 78.5 cm³/mol. The van der Waals surface area contributed by atoms with E-state index in [-0.39, 0.29) is 5.54 Å². The summed E-state index contributed by atoms with van der Waals surface area (Å²) >= 11 is 0. The topological polar surface area (TPSA) is 53.4 Å². The maximum absolute atomic E-state index is 11.6. The summed E-state index contributed by atoms with van der Waals surface area (Å²) in [5, 5.41) is 9.53. The highest BCUT2D eigenvalue weighted by Crippen LogP contribution is 2.36. The average Bonchev–Trinajstić information content (AvgIpc) is 2.76. The van der Waals surface area contributed by atoms with Gasteiger partial charge in [-0.1, -0.05) is 0 Å². The third-order valence-electron chi connectivity index (χ3n) is 4.67. The van der Waals surface area contributed by atoms with Gasteiger partial charge in [-0.15, -0.1) is 0 Å². The number of hydrogen-bond donors (Lipinski definition) is 1. The Morgan fingerprint density at radius 2 is 2.05 bits per heavy atom. The number of carboxylic acids is 1. The lowest BCUT2D eigenvalue weighted by atomic mass is 9.94. The molecule has 1 aliphatic heterocycles. The summed E-state index contributed by atoms with van der Waals surface area (Å²) in [5.74, 6) is -0.177. The first-order valence-electron chi connectivity index (χ1n) is 7.53. The Morgan fingerprint density at radius 1 is 1.30 bits per heavy atom. The lowest BCUT2D eigenvalue weighted by Gasteiger charge is -2.34. The van der Waals surface area contributed by atoms with Crippen molar-refractivity contribution in [1.29, 1.82) is 0 Å². The van der Waals surface area contributed by atoms with Gasteiger partial charge in [-0.3, -0.25) is 0 Å². The van der Waals surface area contributed by atoms with Crippen molar-refractivity contribution in [2.45, 2.75) is 57.9 Å². The molecule has 108 valence electrons. The van der Waals surface area contributed by atoms with Gasteiger partial charge in [-0.05, 0) is 64.0 Å². The average molecular weight is 274 g/mol. The van der Waals surface area contributed by atoms with Crippen LogP contribution in [0.4, 0.5) is 5.82 Å². The number of carbonyl (C=O) groups is 1. The summed E-state index contributed by atoms with van der Waals surface area (Å²) in [4.78, 5) is 18.6. The Labute approximate surface area is 119 Å². The molecule has 2 heterocycles. The highest BCUT2D eigenvalue weighted by Gasteiger charge is 2.35. The molecular formula is C16H22N2O2. The van der Waals surface area contributed by atoms with Crippen LogP contribution in [0.2, 0.25) is 0 Å². The van der Waals surface area contributed by atoms with Crippen LogP contribution in [0.5, 0.6) is 0 Å². The fourth-order valence-electron chi connectivity index (χ4n) is 3.49. The molecule has 0 amide bonds. The van der Waals surface area contributed by atoms with E-state index < -0.39 is 5.97 Å². The minimum atomic E-state index is -0.858. The standard InChI is InChI=1S/C16H22N2O2/c1-16(2)8-5-9-18(16)14-12(15(19)20)10-11-6-3-4-7-13(11)17-14/h10H,3-9H2,1-2H3,(H,19,20). The van der Waals surface area contributed by atoms with Crippen molar-refractivity contribution in [2.24, 2.45) is 0 Å². The van der Waals surface area contributed by atoms with E-state index in [0.29, 0.717) is 11.4 Å². The van der Waals surface area contributed by atoms with Crippen molar-refractivity contribution < 1.29 is 9.90 Å². The number of nitrogens with zero attached hydrogens (tertiary/aromatic N) is 2. The van der Waals surface area contributed by atoms with Crippen molar-refractivity contribution in [3.63, 3.8) is 0 Å². The summed E-state index contributed by atoms with van der Waals surface area (Å²) in [7, 11) is 0. The third-order valence-corrected chi connectivity index (χ3v) is 4.67. The van der Waals surface area contributed by atoms with Gasteiger partial charge < -0.3 is 10.0 Å². The molecule has 0 unspecified atom stereocenters. The van der Waals surface area contributed by atoms with Gasteiger partial charge in [-0.25, -0.2) is 9.78 Å². The third kappa shape index (κ3) is 2.17. The minimum absolute atomic E-state index is 0.000103. The van der Waals surface area contributed by atoms with Crippen molar-refractivity contribution >= 4 is 11.8 Å². The number of fused-ring (bicyclic) bond motifs is 1. The SMILES string of the molecule is CC1(C)CCCN1c1nc2c(cc1C(=O)O)CCCC2. The van der Waals surface area contributed by atoms with E-state index in [1.165, 1.54) is 0 Å². The zero-order valence-electron chi connectivity index (χ0n) is 12.3. The van der Waals surface area contributed by atoms with Crippen molar-refractivity contribution in [3.05, 3.63) is 22.9 Å². The molecule has 1 saturated heterocycles. The van der Waals surface area contributed by atoms with Crippen LogP contribution in [-0.4, -0.2) is 28.1 Å².